The van der Waals surface area contributed by atoms with E-state index < -0.39 is 0 Å². The third-order valence-corrected chi connectivity index (χ3v) is 6.08. The van der Waals surface area contributed by atoms with Crippen LogP contribution in [0.2, 0.25) is 0 Å². The van der Waals surface area contributed by atoms with Crippen LogP contribution in [0.3, 0.4) is 0 Å². The van der Waals surface area contributed by atoms with E-state index in [1.165, 1.54) is 0 Å². The number of hydrogen-bond donors (Lipinski definition) is 1. The Kier molecular flexibility index (Phi) is 5.40. The van der Waals surface area contributed by atoms with Crippen LogP contribution in [0.4, 0.5) is 11.4 Å². The summed E-state index contributed by atoms with van der Waals surface area (Å²) in [5.41, 5.74) is 2.96. The van der Waals surface area contributed by atoms with Crippen LogP contribution in [0.5, 0.6) is 0 Å². The Morgan fingerprint density at radius 1 is 0.893 bits per heavy atom. The number of anilines is 2. The molecule has 1 aromatic carbocycles. The Bertz CT molecular complexity index is 901. The summed E-state index contributed by atoms with van der Waals surface area (Å²) in [5.74, 6) is 2.39. The Hall–Kier alpha value is -2.34. The lowest BCUT2D eigenvalue weighted by molar-refractivity contribution is 0.292. The van der Waals surface area contributed by atoms with Gasteiger partial charge in [0.25, 0.3) is 0 Å². The van der Waals surface area contributed by atoms with Crippen molar-refractivity contribution < 1.29 is 9.47 Å². The number of nitrogens with one attached hydrogen (secondary N) is 1. The van der Waals surface area contributed by atoms with Crippen LogP contribution in [-0.4, -0.2) is 37.1 Å². The van der Waals surface area contributed by atoms with Crippen LogP contribution < -0.4 is 5.32 Å². The zero-order chi connectivity index (χ0) is 19.7. The average Bonchev–Trinajstić information content (AvgIpc) is 3.42. The average molecular weight is 398 g/mol. The predicted octanol–water partition coefficient (Wildman–Crippen LogP) is 5.09. The Morgan fingerprint density at radius 3 is 2.21 bits per heavy atom. The van der Waals surface area contributed by atoms with Gasteiger partial charge in [-0.15, -0.1) is 11.3 Å². The molecule has 0 aliphatic carbocycles. The van der Waals surface area contributed by atoms with E-state index in [1.807, 2.05) is 18.2 Å². The van der Waals surface area contributed by atoms with E-state index in [-0.39, 0.29) is 12.1 Å². The predicted molar refractivity (Wildman–Crippen MR) is 116 cm³/mol. The van der Waals surface area contributed by atoms with Gasteiger partial charge in [-0.3, -0.25) is 0 Å². The molecule has 0 spiro atoms. The van der Waals surface area contributed by atoms with Crippen LogP contribution >= 0.6 is 11.3 Å². The van der Waals surface area contributed by atoms with E-state index in [4.69, 9.17) is 19.5 Å². The molecule has 3 heterocycles. The molecule has 2 aromatic rings. The van der Waals surface area contributed by atoms with E-state index in [0.29, 0.717) is 30.9 Å². The highest BCUT2D eigenvalue weighted by atomic mass is 32.1. The molecule has 28 heavy (non-hydrogen) atoms. The molecule has 2 atom stereocenters. The van der Waals surface area contributed by atoms with Gasteiger partial charge in [0, 0.05) is 0 Å². The zero-order valence-corrected chi connectivity index (χ0v) is 17.6. The molecule has 2 aliphatic rings. The molecule has 0 fully saturated rings. The topological polar surface area (TPSA) is 55.2 Å². The van der Waals surface area contributed by atoms with Gasteiger partial charge in [-0.1, -0.05) is 39.8 Å². The first-order chi connectivity index (χ1) is 13.5. The van der Waals surface area contributed by atoms with E-state index in [2.05, 4.69) is 50.5 Å². The highest BCUT2D eigenvalue weighted by Gasteiger charge is 2.27. The SMILES string of the molecule is CC(C)[C@H]1COC(c2ccccc2Nc2ccsc2C2=N[C@@H](C(C)C)CO2)=N1. The minimum absolute atomic E-state index is 0.217. The summed E-state index contributed by atoms with van der Waals surface area (Å²) in [5, 5.41) is 5.61. The second kappa shape index (κ2) is 7.95. The third kappa shape index (κ3) is 3.78. The highest BCUT2D eigenvalue weighted by molar-refractivity contribution is 7.12. The number of hydrogen-bond acceptors (Lipinski definition) is 6. The standard InChI is InChI=1S/C22H27N3O2S/c1-13(2)18-11-26-21(24-18)15-7-5-6-8-16(15)23-17-9-10-28-20(17)22-25-19(12-27-22)14(3)4/h5-10,13-14,18-19,23H,11-12H2,1-4H3/t18-,19-/m1/s1. The van der Waals surface area contributed by atoms with Crippen molar-refractivity contribution in [3.05, 3.63) is 46.2 Å². The Morgan fingerprint density at radius 2 is 1.54 bits per heavy atom. The number of rotatable bonds is 6. The summed E-state index contributed by atoms with van der Waals surface area (Å²) >= 11 is 1.64. The normalized spacial score (nSPS) is 21.5. The lowest BCUT2D eigenvalue weighted by atomic mass is 10.1. The molecule has 0 saturated heterocycles. The molecular formula is C22H27N3O2S. The minimum Gasteiger partial charge on any atom is -0.475 e. The van der Waals surface area contributed by atoms with Gasteiger partial charge < -0.3 is 14.8 Å². The number of para-hydroxylation sites is 1. The third-order valence-electron chi connectivity index (χ3n) is 5.17. The fourth-order valence-corrected chi connectivity index (χ4v) is 4.03. The number of thiophene rings is 1. The highest BCUT2D eigenvalue weighted by Crippen LogP contribution is 2.32. The summed E-state index contributed by atoms with van der Waals surface area (Å²) < 4.78 is 11.8. The maximum Gasteiger partial charge on any atom is 0.229 e. The molecule has 2 aliphatic heterocycles. The van der Waals surface area contributed by atoms with Gasteiger partial charge >= 0.3 is 0 Å². The van der Waals surface area contributed by atoms with Gasteiger partial charge in [0.1, 0.15) is 18.1 Å². The first kappa shape index (κ1) is 19.0. The summed E-state index contributed by atoms with van der Waals surface area (Å²) in [6.07, 6.45) is 0. The van der Waals surface area contributed by atoms with Gasteiger partial charge in [-0.05, 0) is 35.4 Å². The quantitative estimate of drug-likeness (QED) is 0.738. The molecule has 6 heteroatoms. The van der Waals surface area contributed by atoms with E-state index >= 15 is 0 Å². The smallest absolute Gasteiger partial charge is 0.229 e. The van der Waals surface area contributed by atoms with Gasteiger partial charge in [-0.2, -0.15) is 0 Å². The first-order valence-corrected chi connectivity index (χ1v) is 10.8. The van der Waals surface area contributed by atoms with Gasteiger partial charge in [-0.25, -0.2) is 9.98 Å². The Balaban J connectivity index is 1.60. The fraction of sp³-hybridized carbons (Fsp3) is 0.455. The van der Waals surface area contributed by atoms with Crippen molar-refractivity contribution in [2.45, 2.75) is 39.8 Å². The van der Waals surface area contributed by atoms with Gasteiger partial charge in [0.05, 0.1) is 29.0 Å². The van der Waals surface area contributed by atoms with Gasteiger partial charge in [0.2, 0.25) is 11.8 Å². The van der Waals surface area contributed by atoms with Gasteiger partial charge in [0.15, 0.2) is 0 Å². The van der Waals surface area contributed by atoms with Crippen LogP contribution in [0, 0.1) is 11.8 Å². The molecular weight excluding hydrogens is 370 g/mol. The second-order valence-electron chi connectivity index (χ2n) is 7.95. The molecule has 0 saturated carbocycles. The molecule has 148 valence electrons. The molecule has 0 bridgehead atoms. The number of benzene rings is 1. The lowest BCUT2D eigenvalue weighted by Crippen LogP contribution is -2.13. The number of nitrogens with zero attached hydrogens (tertiary/aromatic N) is 2. The summed E-state index contributed by atoms with van der Waals surface area (Å²) in [6.45, 7) is 10.0. The summed E-state index contributed by atoms with van der Waals surface area (Å²) in [6, 6.07) is 10.7. The molecule has 0 amide bonds. The van der Waals surface area contributed by atoms with Crippen LogP contribution in [-0.2, 0) is 9.47 Å². The van der Waals surface area contributed by atoms with Crippen molar-refractivity contribution in [1.29, 1.82) is 0 Å². The summed E-state index contributed by atoms with van der Waals surface area (Å²) in [7, 11) is 0. The van der Waals surface area contributed by atoms with Crippen molar-refractivity contribution in [2.24, 2.45) is 21.8 Å². The maximum atomic E-state index is 5.91. The van der Waals surface area contributed by atoms with Crippen molar-refractivity contribution in [3.63, 3.8) is 0 Å². The van der Waals surface area contributed by atoms with Crippen LogP contribution in [0.15, 0.2) is 45.7 Å². The van der Waals surface area contributed by atoms with Crippen molar-refractivity contribution >= 4 is 34.5 Å². The van der Waals surface area contributed by atoms with Crippen LogP contribution in [0.1, 0.15) is 38.1 Å². The minimum atomic E-state index is 0.217. The van der Waals surface area contributed by atoms with Crippen LogP contribution in [0.25, 0.3) is 0 Å². The fourth-order valence-electron chi connectivity index (χ4n) is 3.23. The van der Waals surface area contributed by atoms with Crippen molar-refractivity contribution in [3.8, 4) is 0 Å². The van der Waals surface area contributed by atoms with E-state index in [0.717, 1.165) is 27.7 Å². The summed E-state index contributed by atoms with van der Waals surface area (Å²) in [4.78, 5) is 10.6. The molecule has 4 rings (SSSR count). The second-order valence-corrected chi connectivity index (χ2v) is 8.86. The molecule has 0 unspecified atom stereocenters. The lowest BCUT2D eigenvalue weighted by Gasteiger charge is -2.12. The maximum absolute atomic E-state index is 5.91. The van der Waals surface area contributed by atoms with E-state index in [1.54, 1.807) is 11.3 Å². The van der Waals surface area contributed by atoms with E-state index in [9.17, 15) is 0 Å². The van der Waals surface area contributed by atoms with Crippen molar-refractivity contribution in [2.75, 3.05) is 18.5 Å². The molecule has 1 N–H and O–H groups in total. The molecule has 0 radical (unpaired) electrons. The first-order valence-electron chi connectivity index (χ1n) is 9.88. The molecule has 5 nitrogen and oxygen atoms in total. The Labute approximate surface area is 170 Å². The largest absolute Gasteiger partial charge is 0.475 e. The monoisotopic (exact) mass is 397 g/mol. The van der Waals surface area contributed by atoms with Crippen molar-refractivity contribution in [1.82, 2.24) is 0 Å². The number of aliphatic imine (C=N–C) groups is 2. The molecule has 1 aromatic heterocycles. The number of ether oxygens (including phenoxy) is 2. The zero-order valence-electron chi connectivity index (χ0n) is 16.8.